The summed E-state index contributed by atoms with van der Waals surface area (Å²) in [5.41, 5.74) is 4.51. The Kier molecular flexibility index (Phi) is 4.95. The molecule has 0 radical (unpaired) electrons. The summed E-state index contributed by atoms with van der Waals surface area (Å²) in [6, 6.07) is 8.04. The predicted molar refractivity (Wildman–Crippen MR) is 96.1 cm³/mol. The van der Waals surface area contributed by atoms with Crippen LogP contribution in [0, 0.1) is 13.8 Å². The number of hydrogen-bond donors (Lipinski definition) is 0. The Morgan fingerprint density at radius 1 is 1.38 bits per heavy atom. The molecule has 3 rings (SSSR count). The number of hydrogen-bond acceptors (Lipinski definition) is 2. The first-order valence-corrected chi connectivity index (χ1v) is 8.89. The summed E-state index contributed by atoms with van der Waals surface area (Å²) in [4.78, 5) is 14.8. The monoisotopic (exact) mass is 345 g/mol. The maximum atomic E-state index is 12.8. The lowest BCUT2D eigenvalue weighted by molar-refractivity contribution is -0.132. The Morgan fingerprint density at radius 2 is 2.17 bits per heavy atom. The van der Waals surface area contributed by atoms with E-state index in [-0.39, 0.29) is 11.9 Å². The second kappa shape index (κ2) is 6.98. The summed E-state index contributed by atoms with van der Waals surface area (Å²) in [7, 11) is 1.95. The van der Waals surface area contributed by atoms with Gasteiger partial charge in [-0.05, 0) is 56.4 Å². The van der Waals surface area contributed by atoms with Gasteiger partial charge < -0.3 is 4.90 Å². The number of nitrogens with zero attached hydrogens (tertiary/aromatic N) is 3. The Bertz CT molecular complexity index is 753. The molecule has 0 unspecified atom stereocenters. The highest BCUT2D eigenvalue weighted by Gasteiger charge is 2.29. The van der Waals surface area contributed by atoms with Crippen LogP contribution in [0.5, 0.6) is 0 Å². The zero-order valence-corrected chi connectivity index (χ0v) is 15.3. The van der Waals surface area contributed by atoms with Crippen LogP contribution in [0.25, 0.3) is 0 Å². The molecule has 1 aromatic heterocycles. The van der Waals surface area contributed by atoms with Crippen LogP contribution in [0.4, 0.5) is 0 Å². The summed E-state index contributed by atoms with van der Waals surface area (Å²) in [5.74, 6) is 0.222. The fraction of sp³-hybridized carbons (Fsp3) is 0.474. The molecule has 5 heteroatoms. The van der Waals surface area contributed by atoms with E-state index in [1.807, 2.05) is 41.8 Å². The number of amides is 1. The van der Waals surface area contributed by atoms with Gasteiger partial charge in [0.05, 0.1) is 11.7 Å². The Hall–Kier alpha value is -1.81. The molecule has 4 nitrogen and oxygen atoms in total. The van der Waals surface area contributed by atoms with E-state index in [0.717, 1.165) is 47.8 Å². The standard InChI is InChI=1S/C19H24ClN3O/c1-13-17(14(2)22(3)21-13)9-10-19(24)23-11-5-8-18(23)15-6-4-7-16(20)12-15/h4,6-7,12,18H,5,8-11H2,1-3H3/t18-/m1/s1. The molecule has 2 aromatic rings. The second-order valence-electron chi connectivity index (χ2n) is 6.57. The van der Waals surface area contributed by atoms with Crippen LogP contribution >= 0.6 is 11.6 Å². The average Bonchev–Trinajstić information content (AvgIpc) is 3.12. The largest absolute Gasteiger partial charge is 0.336 e. The van der Waals surface area contributed by atoms with Crippen molar-refractivity contribution in [3.8, 4) is 0 Å². The molecule has 1 aliphatic heterocycles. The molecule has 1 atom stereocenters. The molecule has 0 spiro atoms. The van der Waals surface area contributed by atoms with Gasteiger partial charge in [-0.25, -0.2) is 0 Å². The van der Waals surface area contributed by atoms with Gasteiger partial charge in [-0.2, -0.15) is 5.10 Å². The molecule has 1 amide bonds. The lowest BCUT2D eigenvalue weighted by atomic mass is 10.0. The Morgan fingerprint density at radius 3 is 2.83 bits per heavy atom. The summed E-state index contributed by atoms with van der Waals surface area (Å²) >= 11 is 6.12. The summed E-state index contributed by atoms with van der Waals surface area (Å²) in [6.07, 6.45) is 3.35. The van der Waals surface area contributed by atoms with E-state index in [1.54, 1.807) is 0 Å². The van der Waals surface area contributed by atoms with Gasteiger partial charge in [0.2, 0.25) is 5.91 Å². The van der Waals surface area contributed by atoms with Crippen LogP contribution in [-0.2, 0) is 18.3 Å². The fourth-order valence-corrected chi connectivity index (χ4v) is 3.88. The van der Waals surface area contributed by atoms with Gasteiger partial charge in [0.25, 0.3) is 0 Å². The number of rotatable bonds is 4. The second-order valence-corrected chi connectivity index (χ2v) is 7.01. The van der Waals surface area contributed by atoms with Crippen LogP contribution in [0.1, 0.15) is 47.8 Å². The van der Waals surface area contributed by atoms with Gasteiger partial charge in [-0.15, -0.1) is 0 Å². The highest BCUT2D eigenvalue weighted by atomic mass is 35.5. The number of carbonyl (C=O) groups excluding carboxylic acids is 1. The first-order valence-electron chi connectivity index (χ1n) is 8.51. The van der Waals surface area contributed by atoms with Crippen molar-refractivity contribution >= 4 is 17.5 Å². The third-order valence-corrected chi connectivity index (χ3v) is 5.29. The van der Waals surface area contributed by atoms with Crippen LogP contribution in [0.2, 0.25) is 5.02 Å². The van der Waals surface area contributed by atoms with Gasteiger partial charge in [0, 0.05) is 30.7 Å². The highest BCUT2D eigenvalue weighted by Crippen LogP contribution is 2.33. The number of benzene rings is 1. The van der Waals surface area contributed by atoms with Crippen LogP contribution < -0.4 is 0 Å². The molecule has 1 aliphatic rings. The van der Waals surface area contributed by atoms with E-state index in [4.69, 9.17) is 11.6 Å². The van der Waals surface area contributed by atoms with E-state index in [2.05, 4.69) is 18.1 Å². The number of aromatic nitrogens is 2. The van der Waals surface area contributed by atoms with Crippen molar-refractivity contribution in [1.82, 2.24) is 14.7 Å². The molecule has 2 heterocycles. The van der Waals surface area contributed by atoms with Gasteiger partial charge in [-0.3, -0.25) is 9.48 Å². The number of carbonyl (C=O) groups is 1. The normalized spacial score (nSPS) is 17.5. The van der Waals surface area contributed by atoms with Crippen molar-refractivity contribution in [2.45, 2.75) is 45.6 Å². The SMILES string of the molecule is Cc1nn(C)c(C)c1CCC(=O)N1CCC[C@@H]1c1cccc(Cl)c1. The molecule has 1 fully saturated rings. The summed E-state index contributed by atoms with van der Waals surface area (Å²) in [5, 5.41) is 5.17. The van der Waals surface area contributed by atoms with Crippen LogP contribution in [0.15, 0.2) is 24.3 Å². The third kappa shape index (κ3) is 3.34. The quantitative estimate of drug-likeness (QED) is 0.840. The van der Waals surface area contributed by atoms with E-state index >= 15 is 0 Å². The zero-order valence-electron chi connectivity index (χ0n) is 14.6. The van der Waals surface area contributed by atoms with Gasteiger partial charge in [-0.1, -0.05) is 23.7 Å². The van der Waals surface area contributed by atoms with Crippen molar-refractivity contribution in [2.24, 2.45) is 7.05 Å². The maximum absolute atomic E-state index is 12.8. The molecule has 1 saturated heterocycles. The van der Waals surface area contributed by atoms with E-state index in [0.29, 0.717) is 6.42 Å². The maximum Gasteiger partial charge on any atom is 0.223 e. The highest BCUT2D eigenvalue weighted by molar-refractivity contribution is 6.30. The molecular weight excluding hydrogens is 322 g/mol. The van der Waals surface area contributed by atoms with Crippen LogP contribution in [0.3, 0.4) is 0 Å². The minimum atomic E-state index is 0.160. The molecule has 0 bridgehead atoms. The number of likely N-dealkylation sites (tertiary alicyclic amines) is 1. The van der Waals surface area contributed by atoms with E-state index < -0.39 is 0 Å². The minimum absolute atomic E-state index is 0.160. The first-order chi connectivity index (χ1) is 11.5. The topological polar surface area (TPSA) is 38.1 Å². The number of halogens is 1. The predicted octanol–water partition coefficient (Wildman–Crippen LogP) is 3.99. The van der Waals surface area contributed by atoms with E-state index in [1.165, 1.54) is 5.56 Å². The molecule has 0 N–H and O–H groups in total. The third-order valence-electron chi connectivity index (χ3n) is 5.05. The van der Waals surface area contributed by atoms with Crippen molar-refractivity contribution in [3.63, 3.8) is 0 Å². The Labute approximate surface area is 148 Å². The van der Waals surface area contributed by atoms with Gasteiger partial charge >= 0.3 is 0 Å². The van der Waals surface area contributed by atoms with Crippen molar-refractivity contribution in [3.05, 3.63) is 51.8 Å². The zero-order chi connectivity index (χ0) is 17.3. The number of aryl methyl sites for hydroxylation is 2. The molecule has 128 valence electrons. The Balaban J connectivity index is 1.70. The van der Waals surface area contributed by atoms with E-state index in [9.17, 15) is 4.79 Å². The molecule has 1 aromatic carbocycles. The lowest BCUT2D eigenvalue weighted by Gasteiger charge is -2.25. The molecule has 0 saturated carbocycles. The van der Waals surface area contributed by atoms with Crippen molar-refractivity contribution in [2.75, 3.05) is 6.54 Å². The molecule has 24 heavy (non-hydrogen) atoms. The van der Waals surface area contributed by atoms with Gasteiger partial charge in [0.15, 0.2) is 0 Å². The van der Waals surface area contributed by atoms with Crippen molar-refractivity contribution in [1.29, 1.82) is 0 Å². The minimum Gasteiger partial charge on any atom is -0.336 e. The smallest absolute Gasteiger partial charge is 0.223 e. The average molecular weight is 346 g/mol. The van der Waals surface area contributed by atoms with Crippen LogP contribution in [-0.4, -0.2) is 27.1 Å². The summed E-state index contributed by atoms with van der Waals surface area (Å²) < 4.78 is 1.89. The molecular formula is C19H24ClN3O. The lowest BCUT2D eigenvalue weighted by Crippen LogP contribution is -2.30. The fourth-order valence-electron chi connectivity index (χ4n) is 3.68. The molecule has 0 aliphatic carbocycles. The van der Waals surface area contributed by atoms with Gasteiger partial charge in [0.1, 0.15) is 0 Å². The summed E-state index contributed by atoms with van der Waals surface area (Å²) in [6.45, 7) is 4.91. The van der Waals surface area contributed by atoms with Crippen molar-refractivity contribution < 1.29 is 4.79 Å². The first kappa shape index (κ1) is 17.0.